The molecule has 3 heterocycles. The minimum Gasteiger partial charge on any atom is -0.481 e. The van der Waals surface area contributed by atoms with Gasteiger partial charge in [-0.05, 0) is 19.0 Å². The van der Waals surface area contributed by atoms with Crippen molar-refractivity contribution in [3.63, 3.8) is 0 Å². The van der Waals surface area contributed by atoms with Gasteiger partial charge in [0, 0.05) is 45.0 Å². The van der Waals surface area contributed by atoms with Crippen molar-refractivity contribution < 1.29 is 65.1 Å². The fourth-order valence-electron chi connectivity index (χ4n) is 3.63. The molecule has 3 rings (SSSR count). The molecule has 2 atom stereocenters. The average Bonchev–Trinajstić information content (AvgIpc) is 3.00. The number of nitrogens with zero attached hydrogens (tertiary/aromatic N) is 3. The number of rotatable bonds is 6. The van der Waals surface area contributed by atoms with Gasteiger partial charge in [0.25, 0.3) is 0 Å². The van der Waals surface area contributed by atoms with Crippen LogP contribution in [0.3, 0.4) is 0 Å². The van der Waals surface area contributed by atoms with Gasteiger partial charge in [-0.2, -0.15) is 26.3 Å². The Bertz CT molecular complexity index is 923. The lowest BCUT2D eigenvalue weighted by Crippen LogP contribution is -2.49. The van der Waals surface area contributed by atoms with Crippen molar-refractivity contribution in [2.45, 2.75) is 31.4 Å². The van der Waals surface area contributed by atoms with Crippen LogP contribution in [0.5, 0.6) is 5.88 Å². The topological polar surface area (TPSA) is 139 Å². The first-order chi connectivity index (χ1) is 18.1. The van der Waals surface area contributed by atoms with Gasteiger partial charge in [-0.3, -0.25) is 9.69 Å². The van der Waals surface area contributed by atoms with E-state index in [-0.39, 0.29) is 17.9 Å². The predicted octanol–water partition coefficient (Wildman–Crippen LogP) is 2.05. The van der Waals surface area contributed by atoms with Gasteiger partial charge < -0.3 is 29.3 Å². The molecule has 17 heteroatoms. The highest BCUT2D eigenvalue weighted by Gasteiger charge is 2.40. The number of hydrogen-bond acceptors (Lipinski definition) is 8. The second-order valence-electron chi connectivity index (χ2n) is 8.14. The largest absolute Gasteiger partial charge is 0.490 e. The molecule has 0 bridgehead atoms. The minimum atomic E-state index is -5.08. The van der Waals surface area contributed by atoms with Crippen molar-refractivity contribution in [2.75, 3.05) is 53.6 Å². The number of carboxylic acid groups (broad SMARTS) is 2. The van der Waals surface area contributed by atoms with E-state index in [1.807, 2.05) is 17.0 Å². The number of piperidine rings is 1. The van der Waals surface area contributed by atoms with Crippen molar-refractivity contribution in [1.82, 2.24) is 14.8 Å². The second-order valence-corrected chi connectivity index (χ2v) is 8.14. The summed E-state index contributed by atoms with van der Waals surface area (Å²) >= 11 is 0. The molecule has 0 aliphatic carbocycles. The van der Waals surface area contributed by atoms with Gasteiger partial charge in [-0.25, -0.2) is 14.6 Å². The van der Waals surface area contributed by atoms with E-state index >= 15 is 0 Å². The Hall–Kier alpha value is -3.18. The zero-order valence-corrected chi connectivity index (χ0v) is 21.0. The van der Waals surface area contributed by atoms with Gasteiger partial charge in [0.05, 0.1) is 32.3 Å². The standard InChI is InChI=1S/C18H27N3O4.2C2HF3O2/c1-23-10-8-21-9-11-25-16-13-20(7-5-15(16)18(21)22)12-14-4-3-6-19-17(14)24-2;2*3-2(4,5)1(6)7/h3-4,6,15-16H,5,7-13H2,1-2H3;2*(H,6,7)/t15-,16+;;/m1../s1. The lowest BCUT2D eigenvalue weighted by Gasteiger charge is -2.37. The number of methoxy groups -OCH3 is 2. The number of pyridine rings is 1. The molecule has 0 spiro atoms. The van der Waals surface area contributed by atoms with Crippen LogP contribution in [-0.2, 0) is 30.4 Å². The van der Waals surface area contributed by atoms with Crippen LogP contribution in [0.4, 0.5) is 26.3 Å². The molecule has 2 saturated heterocycles. The molecular formula is C22H29F6N3O8. The number of amides is 1. The number of ether oxygens (including phenoxy) is 3. The fraction of sp³-hybridized carbons (Fsp3) is 0.636. The number of carbonyl (C=O) groups excluding carboxylic acids is 1. The van der Waals surface area contributed by atoms with Gasteiger partial charge in [-0.15, -0.1) is 0 Å². The molecule has 39 heavy (non-hydrogen) atoms. The molecule has 2 aliphatic heterocycles. The molecular weight excluding hydrogens is 548 g/mol. The van der Waals surface area contributed by atoms with Gasteiger partial charge in [0.2, 0.25) is 11.8 Å². The summed E-state index contributed by atoms with van der Waals surface area (Å²) in [4.78, 5) is 39.0. The maximum atomic E-state index is 12.8. The number of halogens is 6. The van der Waals surface area contributed by atoms with Crippen LogP contribution in [-0.4, -0.2) is 115 Å². The van der Waals surface area contributed by atoms with Crippen LogP contribution in [0.15, 0.2) is 18.3 Å². The highest BCUT2D eigenvalue weighted by molar-refractivity contribution is 5.80. The zero-order valence-electron chi connectivity index (χ0n) is 21.0. The lowest BCUT2D eigenvalue weighted by molar-refractivity contribution is -0.193. The van der Waals surface area contributed by atoms with E-state index in [1.165, 1.54) is 0 Å². The normalized spacial score (nSPS) is 19.9. The highest BCUT2D eigenvalue weighted by Crippen LogP contribution is 2.27. The van der Waals surface area contributed by atoms with Crippen molar-refractivity contribution in [3.8, 4) is 5.88 Å². The summed E-state index contributed by atoms with van der Waals surface area (Å²) in [5.41, 5.74) is 1.06. The molecule has 11 nitrogen and oxygen atoms in total. The molecule has 2 N–H and O–H groups in total. The first-order valence-corrected chi connectivity index (χ1v) is 11.3. The summed E-state index contributed by atoms with van der Waals surface area (Å²) < 4.78 is 79.9. The van der Waals surface area contributed by atoms with E-state index < -0.39 is 24.3 Å². The van der Waals surface area contributed by atoms with Crippen molar-refractivity contribution in [2.24, 2.45) is 5.92 Å². The van der Waals surface area contributed by atoms with E-state index in [1.54, 1.807) is 20.4 Å². The van der Waals surface area contributed by atoms with Gasteiger partial charge >= 0.3 is 24.3 Å². The van der Waals surface area contributed by atoms with E-state index in [9.17, 15) is 31.1 Å². The van der Waals surface area contributed by atoms with E-state index in [4.69, 9.17) is 34.0 Å². The fourth-order valence-corrected chi connectivity index (χ4v) is 3.63. The maximum Gasteiger partial charge on any atom is 0.490 e. The average molecular weight is 577 g/mol. The smallest absolute Gasteiger partial charge is 0.481 e. The van der Waals surface area contributed by atoms with Crippen LogP contribution in [0.2, 0.25) is 0 Å². The quantitative estimate of drug-likeness (QED) is 0.483. The first-order valence-electron chi connectivity index (χ1n) is 11.3. The molecule has 2 fully saturated rings. The third kappa shape index (κ3) is 11.6. The monoisotopic (exact) mass is 577 g/mol. The molecule has 2 aliphatic rings. The summed E-state index contributed by atoms with van der Waals surface area (Å²) in [5.74, 6) is -4.70. The van der Waals surface area contributed by atoms with Crippen LogP contribution in [0.1, 0.15) is 12.0 Å². The third-order valence-corrected chi connectivity index (χ3v) is 5.45. The van der Waals surface area contributed by atoms with Crippen LogP contribution in [0.25, 0.3) is 0 Å². The molecule has 0 unspecified atom stereocenters. The van der Waals surface area contributed by atoms with E-state index in [0.717, 1.165) is 31.6 Å². The van der Waals surface area contributed by atoms with Crippen LogP contribution < -0.4 is 4.74 Å². The Morgan fingerprint density at radius 2 is 1.69 bits per heavy atom. The highest BCUT2D eigenvalue weighted by atomic mass is 19.4. The van der Waals surface area contributed by atoms with Crippen molar-refractivity contribution in [1.29, 1.82) is 0 Å². The Morgan fingerprint density at radius 1 is 1.10 bits per heavy atom. The van der Waals surface area contributed by atoms with Crippen LogP contribution >= 0.6 is 0 Å². The second kappa shape index (κ2) is 15.4. The molecule has 0 aromatic carbocycles. The van der Waals surface area contributed by atoms with Crippen LogP contribution in [0, 0.1) is 5.92 Å². The van der Waals surface area contributed by atoms with E-state index in [2.05, 4.69) is 9.88 Å². The van der Waals surface area contributed by atoms with Gasteiger partial charge in [0.15, 0.2) is 0 Å². The Morgan fingerprint density at radius 3 is 2.21 bits per heavy atom. The summed E-state index contributed by atoms with van der Waals surface area (Å²) in [5, 5.41) is 14.2. The molecule has 1 aromatic rings. The summed E-state index contributed by atoms with van der Waals surface area (Å²) in [7, 11) is 3.30. The number of alkyl halides is 6. The summed E-state index contributed by atoms with van der Waals surface area (Å²) in [6, 6.07) is 3.95. The zero-order chi connectivity index (χ0) is 29.8. The molecule has 1 amide bonds. The molecule has 0 radical (unpaired) electrons. The molecule has 1 aromatic heterocycles. The Balaban J connectivity index is 0.000000449. The summed E-state index contributed by atoms with van der Waals surface area (Å²) in [6.07, 6.45) is -7.66. The maximum absolute atomic E-state index is 12.8. The number of aromatic nitrogens is 1. The first kappa shape index (κ1) is 33.8. The number of aliphatic carboxylic acids is 2. The minimum absolute atomic E-state index is 0.0449. The molecule has 0 saturated carbocycles. The predicted molar refractivity (Wildman–Crippen MR) is 120 cm³/mol. The van der Waals surface area contributed by atoms with Crippen molar-refractivity contribution >= 4 is 17.8 Å². The number of carbonyl (C=O) groups is 3. The van der Waals surface area contributed by atoms with E-state index in [0.29, 0.717) is 32.2 Å². The summed E-state index contributed by atoms with van der Waals surface area (Å²) in [6.45, 7) is 4.81. The number of fused-ring (bicyclic) bond motifs is 1. The molecule has 222 valence electrons. The number of likely N-dealkylation sites (tertiary alicyclic amines) is 1. The van der Waals surface area contributed by atoms with Crippen molar-refractivity contribution in [3.05, 3.63) is 23.9 Å². The number of hydrogen-bond donors (Lipinski definition) is 2. The van der Waals surface area contributed by atoms with Gasteiger partial charge in [0.1, 0.15) is 0 Å². The third-order valence-electron chi connectivity index (χ3n) is 5.45. The lowest BCUT2D eigenvalue weighted by atomic mass is 9.92. The Labute approximate surface area is 219 Å². The van der Waals surface area contributed by atoms with Gasteiger partial charge in [-0.1, -0.05) is 6.07 Å². The SMILES string of the molecule is COCCN1CCO[C@H]2CN(Cc3cccnc3OC)CC[C@H]2C1=O.O=C(O)C(F)(F)F.O=C(O)C(F)(F)F. The number of carboxylic acids is 2. The Kier molecular flexibility index (Phi) is 13.4.